The molecule has 0 amide bonds. The maximum atomic E-state index is 13.9. The number of halogens is 4. The molecule has 0 saturated carbocycles. The first-order valence-electron chi connectivity index (χ1n) is 9.49. The lowest BCUT2D eigenvalue weighted by Crippen LogP contribution is -2.05. The fourth-order valence-electron chi connectivity index (χ4n) is 3.23. The number of ether oxygens (including phenoxy) is 2. The van der Waals surface area contributed by atoms with Gasteiger partial charge in [0.15, 0.2) is 23.2 Å². The van der Waals surface area contributed by atoms with Gasteiger partial charge in [-0.2, -0.15) is 13.9 Å². The van der Waals surface area contributed by atoms with Gasteiger partial charge in [-0.1, -0.05) is 12.1 Å². The van der Waals surface area contributed by atoms with Crippen molar-refractivity contribution >= 4 is 11.9 Å². The largest absolute Gasteiger partial charge is 0.496 e. The highest BCUT2D eigenvalue weighted by Gasteiger charge is 2.21. The molecule has 5 nitrogen and oxygen atoms in total. The monoisotopic (exact) mass is 448 g/mol. The summed E-state index contributed by atoms with van der Waals surface area (Å²) in [7, 11) is 3.13. The minimum absolute atomic E-state index is 0.103. The highest BCUT2D eigenvalue weighted by Crippen LogP contribution is 2.29. The van der Waals surface area contributed by atoms with Crippen LogP contribution in [-0.2, 0) is 13.7 Å². The molecule has 2 aromatic carbocycles. The van der Waals surface area contributed by atoms with Crippen LogP contribution >= 0.6 is 0 Å². The van der Waals surface area contributed by atoms with E-state index in [1.54, 1.807) is 49.9 Å². The molecule has 168 valence electrons. The van der Waals surface area contributed by atoms with Crippen LogP contribution in [0.5, 0.6) is 11.5 Å². The Morgan fingerprint density at radius 3 is 2.31 bits per heavy atom. The molecule has 0 aliphatic carbocycles. The van der Waals surface area contributed by atoms with Gasteiger partial charge >= 0.3 is 0 Å². The number of rotatable bonds is 7. The molecule has 1 aromatic heterocycles. The van der Waals surface area contributed by atoms with E-state index in [9.17, 15) is 22.4 Å². The summed E-state index contributed by atoms with van der Waals surface area (Å²) in [6.07, 6.45) is 2.94. The third-order valence-corrected chi connectivity index (χ3v) is 4.93. The van der Waals surface area contributed by atoms with Crippen LogP contribution in [-0.4, -0.2) is 22.7 Å². The first-order valence-corrected chi connectivity index (χ1v) is 9.49. The molecule has 0 fully saturated rings. The number of allylic oxidation sites excluding steroid dienone is 1. The Balaban J connectivity index is 1.85. The molecule has 0 aliphatic rings. The first-order chi connectivity index (χ1) is 15.1. The van der Waals surface area contributed by atoms with Crippen LogP contribution in [0, 0.1) is 37.1 Å². The number of aryl methyl sites for hydroxylation is 2. The van der Waals surface area contributed by atoms with Crippen molar-refractivity contribution in [3.8, 4) is 11.5 Å². The van der Waals surface area contributed by atoms with Crippen molar-refractivity contribution in [1.29, 1.82) is 0 Å². The van der Waals surface area contributed by atoms with Crippen molar-refractivity contribution in [1.82, 2.24) is 9.78 Å². The molecule has 1 heterocycles. The van der Waals surface area contributed by atoms with Crippen LogP contribution in [0.1, 0.15) is 32.9 Å². The SMILES string of the molecule is COc1ccc(/C=C/C(=O)c2c(C)nn(C)c2C)cc1COc1c(F)c(F)cc(F)c1F. The van der Waals surface area contributed by atoms with Crippen LogP contribution < -0.4 is 9.47 Å². The zero-order valence-electron chi connectivity index (χ0n) is 17.8. The van der Waals surface area contributed by atoms with E-state index in [-0.39, 0.29) is 11.8 Å². The Labute approximate surface area is 181 Å². The predicted octanol–water partition coefficient (Wildman–Crippen LogP) is 5.08. The van der Waals surface area contributed by atoms with E-state index in [1.165, 1.54) is 13.2 Å². The summed E-state index contributed by atoms with van der Waals surface area (Å²) in [5.41, 5.74) is 2.75. The molecule has 3 aromatic rings. The number of ketones is 1. The van der Waals surface area contributed by atoms with E-state index in [0.717, 1.165) is 5.69 Å². The van der Waals surface area contributed by atoms with E-state index in [2.05, 4.69) is 5.10 Å². The first kappa shape index (κ1) is 23.1. The van der Waals surface area contributed by atoms with Crippen molar-refractivity contribution < 1.29 is 31.8 Å². The Bertz CT molecular complexity index is 1190. The van der Waals surface area contributed by atoms with E-state index in [0.29, 0.717) is 28.1 Å². The Morgan fingerprint density at radius 1 is 1.09 bits per heavy atom. The summed E-state index contributed by atoms with van der Waals surface area (Å²) in [5.74, 6) is -7.48. The molecule has 0 unspecified atom stereocenters. The lowest BCUT2D eigenvalue weighted by molar-refractivity contribution is 0.104. The summed E-state index contributed by atoms with van der Waals surface area (Å²) in [4.78, 5) is 12.6. The van der Waals surface area contributed by atoms with Crippen molar-refractivity contribution in [3.63, 3.8) is 0 Å². The van der Waals surface area contributed by atoms with E-state index >= 15 is 0 Å². The molecule has 0 N–H and O–H groups in total. The standard InChI is InChI=1S/C23H20F4N2O3/c1-12-20(13(2)29(3)28-12)18(30)7-5-14-6-8-19(31-4)15(9-14)11-32-23-21(26)16(24)10-17(25)22(23)27/h5-10H,11H2,1-4H3/b7-5+. The van der Waals surface area contributed by atoms with Gasteiger partial charge in [-0.15, -0.1) is 0 Å². The van der Waals surface area contributed by atoms with Crippen LogP contribution in [0.3, 0.4) is 0 Å². The number of benzene rings is 2. The van der Waals surface area contributed by atoms with Gasteiger partial charge in [-0.05, 0) is 37.6 Å². The van der Waals surface area contributed by atoms with Crippen LogP contribution in [0.15, 0.2) is 30.3 Å². The number of hydrogen-bond donors (Lipinski definition) is 0. The molecule has 0 saturated heterocycles. The fourth-order valence-corrected chi connectivity index (χ4v) is 3.23. The van der Waals surface area contributed by atoms with Crippen LogP contribution in [0.2, 0.25) is 0 Å². The normalized spacial score (nSPS) is 11.2. The van der Waals surface area contributed by atoms with Gasteiger partial charge in [0.2, 0.25) is 11.6 Å². The molecule has 9 heteroatoms. The van der Waals surface area contributed by atoms with Gasteiger partial charge in [0.25, 0.3) is 0 Å². The number of carbonyl (C=O) groups excluding carboxylic acids is 1. The smallest absolute Gasteiger partial charge is 0.203 e. The van der Waals surface area contributed by atoms with E-state index < -0.39 is 35.6 Å². The Kier molecular flexibility index (Phi) is 6.67. The second kappa shape index (κ2) is 9.25. The average molecular weight is 448 g/mol. The molecule has 0 aliphatic heterocycles. The van der Waals surface area contributed by atoms with Gasteiger partial charge in [-0.3, -0.25) is 9.48 Å². The van der Waals surface area contributed by atoms with Crippen molar-refractivity contribution in [2.45, 2.75) is 20.5 Å². The molecule has 0 radical (unpaired) electrons. The number of aromatic nitrogens is 2. The molecule has 3 rings (SSSR count). The number of hydrogen-bond acceptors (Lipinski definition) is 4. The highest BCUT2D eigenvalue weighted by atomic mass is 19.2. The average Bonchev–Trinajstić information content (AvgIpc) is 3.02. The second-order valence-corrected chi connectivity index (χ2v) is 7.02. The van der Waals surface area contributed by atoms with Crippen molar-refractivity contribution in [2.75, 3.05) is 7.11 Å². The molecule has 0 bridgehead atoms. The third kappa shape index (κ3) is 4.51. The predicted molar refractivity (Wildman–Crippen MR) is 110 cm³/mol. The van der Waals surface area contributed by atoms with Gasteiger partial charge in [0.1, 0.15) is 12.4 Å². The lowest BCUT2D eigenvalue weighted by Gasteiger charge is -2.13. The molecule has 0 spiro atoms. The Morgan fingerprint density at radius 2 is 1.75 bits per heavy atom. The molecule has 0 atom stereocenters. The number of carbonyl (C=O) groups is 1. The van der Waals surface area contributed by atoms with Crippen molar-refractivity contribution in [3.05, 3.63) is 81.7 Å². The van der Waals surface area contributed by atoms with Crippen LogP contribution in [0.4, 0.5) is 17.6 Å². The molecule has 32 heavy (non-hydrogen) atoms. The second-order valence-electron chi connectivity index (χ2n) is 7.02. The maximum Gasteiger partial charge on any atom is 0.203 e. The van der Waals surface area contributed by atoms with Gasteiger partial charge in [-0.25, -0.2) is 8.78 Å². The van der Waals surface area contributed by atoms with Crippen LogP contribution in [0.25, 0.3) is 6.08 Å². The molecular weight excluding hydrogens is 428 g/mol. The van der Waals surface area contributed by atoms with Gasteiger partial charge in [0, 0.05) is 24.4 Å². The quantitative estimate of drug-likeness (QED) is 0.219. The van der Waals surface area contributed by atoms with Gasteiger partial charge in [0.05, 0.1) is 18.4 Å². The third-order valence-electron chi connectivity index (χ3n) is 4.93. The van der Waals surface area contributed by atoms with Gasteiger partial charge < -0.3 is 9.47 Å². The van der Waals surface area contributed by atoms with E-state index in [4.69, 9.17) is 9.47 Å². The minimum atomic E-state index is -1.63. The topological polar surface area (TPSA) is 53.3 Å². The summed E-state index contributed by atoms with van der Waals surface area (Å²) in [5, 5.41) is 4.22. The Hall–Kier alpha value is -3.62. The zero-order valence-corrected chi connectivity index (χ0v) is 17.8. The lowest BCUT2D eigenvalue weighted by atomic mass is 10.1. The fraction of sp³-hybridized carbons (Fsp3) is 0.217. The number of nitrogens with zero attached hydrogens (tertiary/aromatic N) is 2. The van der Waals surface area contributed by atoms with Crippen molar-refractivity contribution in [2.24, 2.45) is 7.05 Å². The maximum absolute atomic E-state index is 13.9. The molecular formula is C23H20F4N2O3. The summed E-state index contributed by atoms with van der Waals surface area (Å²) in [6.45, 7) is 3.10. The zero-order chi connectivity index (χ0) is 23.6. The minimum Gasteiger partial charge on any atom is -0.496 e. The highest BCUT2D eigenvalue weighted by molar-refractivity contribution is 6.08. The number of methoxy groups -OCH3 is 1. The summed E-state index contributed by atoms with van der Waals surface area (Å²) < 4.78 is 66.4. The van der Waals surface area contributed by atoms with E-state index in [1.807, 2.05) is 0 Å². The summed E-state index contributed by atoms with van der Waals surface area (Å²) in [6, 6.07) is 4.91. The summed E-state index contributed by atoms with van der Waals surface area (Å²) >= 11 is 0.